The zero-order valence-corrected chi connectivity index (χ0v) is 83.1. The van der Waals surface area contributed by atoms with E-state index in [2.05, 4.69) is 54.1 Å². The van der Waals surface area contributed by atoms with E-state index in [1.165, 1.54) is 19.3 Å². The van der Waals surface area contributed by atoms with Crippen molar-refractivity contribution >= 4 is 130 Å². The number of nitrogens with zero attached hydrogens (tertiary/aromatic N) is 7. The summed E-state index contributed by atoms with van der Waals surface area (Å²) in [5, 5.41) is 4.53. The van der Waals surface area contributed by atoms with Crippen molar-refractivity contribution in [2.75, 3.05) is 75.4 Å². The zero-order valence-electron chi connectivity index (χ0n) is 82.3. The molecule has 2 unspecified atom stereocenters. The summed E-state index contributed by atoms with van der Waals surface area (Å²) < 4.78 is 32.9. The normalized spacial score (nSPS) is 21.6. The Morgan fingerprint density at radius 2 is 0.657 bits per heavy atom. The number of ether oxygens (including phenoxy) is 1. The van der Waals surface area contributed by atoms with Gasteiger partial charge in [-0.1, -0.05) is 265 Å². The van der Waals surface area contributed by atoms with Crippen molar-refractivity contribution in [1.29, 1.82) is 0 Å². The number of methoxy groups -OCH3 is 1. The van der Waals surface area contributed by atoms with E-state index in [-0.39, 0.29) is 82.7 Å². The Morgan fingerprint density at radius 3 is 1.04 bits per heavy atom. The highest BCUT2D eigenvalue weighted by molar-refractivity contribution is 7.89. The molecule has 0 spiro atoms. The third-order valence-corrected chi connectivity index (χ3v) is 32.5. The highest BCUT2D eigenvalue weighted by Gasteiger charge is 2.64. The van der Waals surface area contributed by atoms with Gasteiger partial charge >= 0.3 is 0 Å². The van der Waals surface area contributed by atoms with Gasteiger partial charge in [0.15, 0.2) is 0 Å². The van der Waals surface area contributed by atoms with Crippen LogP contribution < -0.4 is 43.8 Å². The monoisotopic (exact) mass is 1900 g/mol. The van der Waals surface area contributed by atoms with Crippen molar-refractivity contribution in [3.8, 4) is 5.75 Å². The van der Waals surface area contributed by atoms with Gasteiger partial charge < -0.3 is 24.3 Å². The van der Waals surface area contributed by atoms with Crippen LogP contribution >= 0.6 is 0 Å². The third kappa shape index (κ3) is 23.6. The first-order valence-electron chi connectivity index (χ1n) is 51.2. The van der Waals surface area contributed by atoms with Gasteiger partial charge in [-0.05, 0) is 271 Å². The van der Waals surface area contributed by atoms with Gasteiger partial charge in [0, 0.05) is 108 Å². The molecule has 9 fully saturated rings. The number of benzene rings is 12. The molecule has 9 aliphatic rings. The number of carbonyl (C=O) groups excluding carboxylic acids is 7. The number of para-hydroxylation sites is 7. The lowest BCUT2D eigenvalue weighted by molar-refractivity contribution is -0.164. The van der Waals surface area contributed by atoms with E-state index in [0.29, 0.717) is 62.2 Å². The van der Waals surface area contributed by atoms with Crippen molar-refractivity contribution in [2.45, 2.75) is 186 Å². The molecule has 12 aromatic carbocycles. The lowest BCUT2D eigenvalue weighted by Gasteiger charge is -2.61. The van der Waals surface area contributed by atoms with E-state index < -0.39 is 20.9 Å². The van der Waals surface area contributed by atoms with Gasteiger partial charge in [0.1, 0.15) is 5.75 Å². The van der Waals surface area contributed by atoms with Gasteiger partial charge in [-0.15, -0.1) is 0 Å². The third-order valence-electron chi connectivity index (χ3n) is 30.9. The molecule has 19 heteroatoms. The maximum Gasteiger partial charge on any atom is 0.234 e. The average Bonchev–Trinajstić information content (AvgIpc) is 1.26. The Kier molecular flexibility index (Phi) is 33.6. The standard InChI is InChI=1S/C26H30N2O2.C25H34N2O3S.C24H25NO2.C23H26N2O2.C23H23NO/c1-27(21-9-5-3-6-10-21)23(29)25-14-19-13-20(15-25)17-26(16-19,18-25)24(30)28(2)22-11-7-4-8-12-22;1-2-3-4-11-20-31(29,30)26-22-18-16-21(17-19-22)25(28)27(23-12-7-5-8-13-23)24-14-9-6-10-15-24;1-27-21-16-14-20(15-17-21)25(24(26)19-9-3-2-4-10-19)23-13-7-11-18-8-5-6-12-22(18)23;1-24(18-9-5-3-6-10-18)22(26)20-16-13-14-17(15-16)21(20)23(27)25(2)19-11-7-4-8-12-19;25-23(19-11-3-1-4-12-19)24(20-14-5-2-6-15-20)22-17-9-13-18-10-7-8-16-21(18)22/h3-12,19-20H,13-18H2,1-2H3;5-10,12-15,21-22,26H,2-4,11,16-20H2,1H3;5-8,11-17,19H,2-4,9-10H2,1H3;3-12,16-17,20-21H,13-15H2,1-2H3;2,5-10,13-17,19H,1,3-4,11-12H2/t;;;16-,17+,20?,21?;. The van der Waals surface area contributed by atoms with E-state index in [1.54, 1.807) is 21.8 Å². The fourth-order valence-electron chi connectivity index (χ4n) is 24.2. The van der Waals surface area contributed by atoms with Gasteiger partial charge in [-0.25, -0.2) is 13.1 Å². The summed E-state index contributed by atoms with van der Waals surface area (Å²) >= 11 is 0. The van der Waals surface area contributed by atoms with Crippen LogP contribution in [-0.2, 0) is 43.6 Å². The maximum absolute atomic E-state index is 13.8. The number of hydrogen-bond acceptors (Lipinski definition) is 10. The molecule has 0 aromatic heterocycles. The number of rotatable bonds is 25. The van der Waals surface area contributed by atoms with Crippen molar-refractivity contribution in [3.63, 3.8) is 0 Å². The van der Waals surface area contributed by atoms with Crippen LogP contribution in [0.3, 0.4) is 0 Å². The molecule has 728 valence electrons. The molecule has 0 radical (unpaired) electrons. The summed E-state index contributed by atoms with van der Waals surface area (Å²) in [7, 11) is 5.84. The number of amides is 7. The molecular weight excluding hydrogens is 1760 g/mol. The molecule has 1 N–H and O–H groups in total. The highest BCUT2D eigenvalue weighted by atomic mass is 32.2. The summed E-state index contributed by atoms with van der Waals surface area (Å²) in [6.07, 6.45) is 26.4. The van der Waals surface area contributed by atoms with Crippen molar-refractivity contribution in [1.82, 2.24) is 4.72 Å². The average molecular weight is 1900 g/mol. The molecular formula is C121H138N8O10S. The number of anilines is 10. The topological polar surface area (TPSA) is 198 Å². The molecule has 140 heavy (non-hydrogen) atoms. The van der Waals surface area contributed by atoms with E-state index in [9.17, 15) is 42.0 Å². The quantitative estimate of drug-likeness (QED) is 0.0537. The molecule has 7 amide bonds. The molecule has 6 bridgehead atoms. The van der Waals surface area contributed by atoms with Gasteiger partial charge in [0.05, 0.1) is 46.9 Å². The van der Waals surface area contributed by atoms with Crippen molar-refractivity contribution in [2.24, 2.45) is 64.1 Å². The van der Waals surface area contributed by atoms with Crippen LogP contribution in [0, 0.1) is 64.1 Å². The number of fused-ring (bicyclic) bond motifs is 4. The van der Waals surface area contributed by atoms with Gasteiger partial charge in [-0.3, -0.25) is 48.3 Å². The van der Waals surface area contributed by atoms with E-state index in [0.717, 1.165) is 200 Å². The number of unbranched alkanes of at least 4 members (excludes halogenated alkanes) is 3. The first-order valence-corrected chi connectivity index (χ1v) is 52.9. The van der Waals surface area contributed by atoms with E-state index in [4.69, 9.17) is 4.74 Å². The molecule has 0 saturated heterocycles. The second-order valence-electron chi connectivity index (χ2n) is 40.2. The first kappa shape index (κ1) is 100. The number of sulfonamides is 1. The molecule has 9 aliphatic carbocycles. The summed E-state index contributed by atoms with van der Waals surface area (Å²) in [4.78, 5) is 108. The lowest BCUT2D eigenvalue weighted by atomic mass is 9.43. The predicted octanol–water partition coefficient (Wildman–Crippen LogP) is 26.5. The van der Waals surface area contributed by atoms with Crippen LogP contribution in [0.5, 0.6) is 5.75 Å². The number of hydrogen-bond donors (Lipinski definition) is 1. The Hall–Kier alpha value is -12.8. The number of carbonyl (C=O) groups is 7. The Bertz CT molecular complexity index is 6040. The second-order valence-corrected chi connectivity index (χ2v) is 42.1. The predicted molar refractivity (Wildman–Crippen MR) is 568 cm³/mol. The zero-order chi connectivity index (χ0) is 97.7. The van der Waals surface area contributed by atoms with Gasteiger partial charge in [-0.2, -0.15) is 0 Å². The van der Waals surface area contributed by atoms with E-state index >= 15 is 0 Å². The molecule has 12 aromatic rings. The molecule has 9 saturated carbocycles. The molecule has 0 aliphatic heterocycles. The van der Waals surface area contributed by atoms with Crippen molar-refractivity contribution < 1.29 is 46.7 Å². The number of nitrogens with one attached hydrogen (secondary N) is 1. The lowest BCUT2D eigenvalue weighted by Crippen LogP contribution is -2.61. The van der Waals surface area contributed by atoms with Crippen LogP contribution in [0.25, 0.3) is 21.5 Å². The molecule has 18 nitrogen and oxygen atoms in total. The van der Waals surface area contributed by atoms with Gasteiger partial charge in [0.25, 0.3) is 0 Å². The fourth-order valence-corrected chi connectivity index (χ4v) is 25.6. The van der Waals surface area contributed by atoms with Crippen LogP contribution in [0.1, 0.15) is 180 Å². The van der Waals surface area contributed by atoms with Crippen molar-refractivity contribution in [3.05, 3.63) is 322 Å². The minimum atomic E-state index is -3.25. The maximum atomic E-state index is 13.8. The largest absolute Gasteiger partial charge is 0.497 e. The van der Waals surface area contributed by atoms with Gasteiger partial charge in [0.2, 0.25) is 51.4 Å². The second kappa shape index (κ2) is 47.0. The van der Waals surface area contributed by atoms with Crippen LogP contribution in [0.2, 0.25) is 0 Å². The van der Waals surface area contributed by atoms with Crippen LogP contribution in [-0.4, -0.2) is 96.9 Å². The molecule has 4 atom stereocenters. The SMILES string of the molecule is CCCCCCS(=O)(=O)NC1CCC(C(=O)N(c2ccccc2)c2ccccc2)CC1.CN(C(=O)C12CC3CC(C1)CC(C(=O)N(C)c1ccccc1)(C3)C2)c1ccccc1.CN(C(=O)C1C(C(=O)N(C)c2ccccc2)[C@H]2CC[C@@H]1C2)c1ccccc1.COc1ccc(N(C(=O)C2CCCCC2)c2cccc3ccccc23)cc1.O=C(C1CCCCC1)N(c1ccccc1)c1cccc2ccccc12. The molecule has 0 heterocycles. The minimum absolute atomic E-state index is 0.0675. The van der Waals surface area contributed by atoms with E-state index in [1.807, 2.05) is 327 Å². The molecule has 21 rings (SSSR count). The Labute approximate surface area is 829 Å². The van der Waals surface area contributed by atoms with Crippen LogP contribution in [0.4, 0.5) is 56.9 Å². The smallest absolute Gasteiger partial charge is 0.234 e. The minimum Gasteiger partial charge on any atom is -0.497 e. The first-order chi connectivity index (χ1) is 68.1. The summed E-state index contributed by atoms with van der Waals surface area (Å²) in [5.74, 6) is 3.36. The van der Waals surface area contributed by atoms with Crippen LogP contribution in [0.15, 0.2) is 322 Å². The Morgan fingerprint density at radius 1 is 0.329 bits per heavy atom. The summed E-state index contributed by atoms with van der Waals surface area (Å²) in [5.41, 5.74) is 8.32. The summed E-state index contributed by atoms with van der Waals surface area (Å²) in [6, 6.07) is 105. The summed E-state index contributed by atoms with van der Waals surface area (Å²) in [6.45, 7) is 2.11. The Balaban J connectivity index is 0.000000126. The fraction of sp³-hybridized carbons (Fsp3) is 0.380. The highest BCUT2D eigenvalue weighted by Crippen LogP contribution is 2.67.